The minimum absolute atomic E-state index is 0.124. The van der Waals surface area contributed by atoms with Gasteiger partial charge in [-0.25, -0.2) is 0 Å². The van der Waals surface area contributed by atoms with Gasteiger partial charge in [-0.3, -0.25) is 9.69 Å². The van der Waals surface area contributed by atoms with Gasteiger partial charge in [0, 0.05) is 25.2 Å². The smallest absolute Gasteiger partial charge is 0.241 e. The fourth-order valence-corrected chi connectivity index (χ4v) is 3.51. The summed E-state index contributed by atoms with van der Waals surface area (Å²) in [5, 5.41) is 0. The van der Waals surface area contributed by atoms with E-state index in [4.69, 9.17) is 5.73 Å². The molecule has 4 nitrogen and oxygen atoms in total. The molecule has 110 valence electrons. The van der Waals surface area contributed by atoms with Crippen molar-refractivity contribution in [2.45, 2.75) is 70.0 Å². The maximum atomic E-state index is 12.7. The predicted molar refractivity (Wildman–Crippen MR) is 77.9 cm³/mol. The number of hydrogen-bond donors (Lipinski definition) is 1. The van der Waals surface area contributed by atoms with Gasteiger partial charge in [-0.2, -0.15) is 0 Å². The molecule has 19 heavy (non-hydrogen) atoms. The first-order valence-corrected chi connectivity index (χ1v) is 7.87. The maximum absolute atomic E-state index is 12.7. The van der Waals surface area contributed by atoms with E-state index in [1.54, 1.807) is 0 Å². The second-order valence-corrected chi connectivity index (χ2v) is 6.23. The molecule has 0 aromatic rings. The third kappa shape index (κ3) is 3.29. The van der Waals surface area contributed by atoms with E-state index in [1.165, 1.54) is 38.5 Å². The van der Waals surface area contributed by atoms with Crippen LogP contribution in [0.5, 0.6) is 0 Å². The lowest BCUT2D eigenvalue weighted by atomic mass is 10.1. The first-order valence-electron chi connectivity index (χ1n) is 7.87. The lowest BCUT2D eigenvalue weighted by Gasteiger charge is -2.33. The third-order valence-corrected chi connectivity index (χ3v) is 5.03. The highest BCUT2D eigenvalue weighted by molar-refractivity contribution is 5.82. The molecule has 1 aliphatic heterocycles. The van der Waals surface area contributed by atoms with Gasteiger partial charge in [-0.15, -0.1) is 0 Å². The van der Waals surface area contributed by atoms with Crippen LogP contribution in [0.15, 0.2) is 0 Å². The Kier molecular flexibility index (Phi) is 5.22. The molecule has 1 saturated carbocycles. The van der Waals surface area contributed by atoms with Crippen LogP contribution in [0.1, 0.15) is 51.9 Å². The maximum Gasteiger partial charge on any atom is 0.241 e. The van der Waals surface area contributed by atoms with Crippen LogP contribution in [0.4, 0.5) is 0 Å². The van der Waals surface area contributed by atoms with Crippen molar-refractivity contribution in [3.05, 3.63) is 0 Å². The largest absolute Gasteiger partial charge is 0.338 e. The molecule has 2 N–H and O–H groups in total. The molecule has 2 unspecified atom stereocenters. The number of carbonyl (C=O) groups is 1. The second kappa shape index (κ2) is 6.71. The van der Waals surface area contributed by atoms with E-state index in [0.717, 1.165) is 13.0 Å². The van der Waals surface area contributed by atoms with Crippen LogP contribution in [0, 0.1) is 0 Å². The lowest BCUT2D eigenvalue weighted by molar-refractivity contribution is -0.137. The van der Waals surface area contributed by atoms with E-state index in [1.807, 2.05) is 7.05 Å². The number of likely N-dealkylation sites (N-methyl/N-ethyl adjacent to an activating group) is 1. The van der Waals surface area contributed by atoms with Gasteiger partial charge >= 0.3 is 0 Å². The molecule has 1 heterocycles. The van der Waals surface area contributed by atoms with Gasteiger partial charge in [0.25, 0.3) is 0 Å². The fraction of sp³-hybridized carbons (Fsp3) is 0.933. The minimum Gasteiger partial charge on any atom is -0.338 e. The van der Waals surface area contributed by atoms with Gasteiger partial charge in [0.05, 0.1) is 0 Å². The summed E-state index contributed by atoms with van der Waals surface area (Å²) in [6.45, 7) is 3.54. The van der Waals surface area contributed by atoms with Gasteiger partial charge in [-0.1, -0.05) is 25.7 Å². The van der Waals surface area contributed by atoms with E-state index in [2.05, 4.69) is 16.7 Å². The van der Waals surface area contributed by atoms with Gasteiger partial charge < -0.3 is 10.6 Å². The summed E-state index contributed by atoms with van der Waals surface area (Å²) in [6.07, 6.45) is 8.63. The standard InChI is InChI=1S/C15H29N3O/c1-12-9-10-18(13-7-5-3-4-6-8-13)15(19)14(11-16)17(12)2/h12-14H,3-11,16H2,1-2H3. The zero-order chi connectivity index (χ0) is 13.8. The summed E-state index contributed by atoms with van der Waals surface area (Å²) < 4.78 is 0. The van der Waals surface area contributed by atoms with Crippen molar-refractivity contribution in [3.63, 3.8) is 0 Å². The van der Waals surface area contributed by atoms with Crippen LogP contribution >= 0.6 is 0 Å². The quantitative estimate of drug-likeness (QED) is 0.773. The van der Waals surface area contributed by atoms with E-state index in [0.29, 0.717) is 18.6 Å². The van der Waals surface area contributed by atoms with Gasteiger partial charge in [0.1, 0.15) is 6.04 Å². The van der Waals surface area contributed by atoms with Crippen LogP contribution in [-0.4, -0.2) is 54.0 Å². The number of amides is 1. The van der Waals surface area contributed by atoms with Gasteiger partial charge in [0.15, 0.2) is 0 Å². The number of hydrogen-bond acceptors (Lipinski definition) is 3. The van der Waals surface area contributed by atoms with Crippen LogP contribution in [0.2, 0.25) is 0 Å². The van der Waals surface area contributed by atoms with Crippen LogP contribution in [-0.2, 0) is 4.79 Å². The topological polar surface area (TPSA) is 49.6 Å². The average molecular weight is 267 g/mol. The molecule has 1 amide bonds. The molecule has 0 radical (unpaired) electrons. The number of nitrogens with two attached hydrogens (primary N) is 1. The Morgan fingerprint density at radius 2 is 1.79 bits per heavy atom. The monoisotopic (exact) mass is 267 g/mol. The molecule has 1 aliphatic carbocycles. The molecule has 4 heteroatoms. The molecule has 2 aliphatic rings. The molecule has 0 bridgehead atoms. The average Bonchev–Trinajstić information content (AvgIpc) is 2.72. The van der Waals surface area contributed by atoms with E-state index < -0.39 is 0 Å². The lowest BCUT2D eigenvalue weighted by Crippen LogP contribution is -2.52. The summed E-state index contributed by atoms with van der Waals surface area (Å²) >= 11 is 0. The van der Waals surface area contributed by atoms with Crippen molar-refractivity contribution in [1.29, 1.82) is 0 Å². The Morgan fingerprint density at radius 3 is 2.37 bits per heavy atom. The molecular formula is C15H29N3O. The van der Waals surface area contributed by atoms with E-state index >= 15 is 0 Å². The third-order valence-electron chi connectivity index (χ3n) is 5.03. The van der Waals surface area contributed by atoms with Gasteiger partial charge in [0.2, 0.25) is 5.91 Å². The molecule has 0 spiro atoms. The highest BCUT2D eigenvalue weighted by atomic mass is 16.2. The molecule has 0 aromatic heterocycles. The number of nitrogens with zero attached hydrogens (tertiary/aromatic N) is 2. The van der Waals surface area contributed by atoms with Crippen LogP contribution < -0.4 is 5.73 Å². The molecule has 2 atom stereocenters. The zero-order valence-corrected chi connectivity index (χ0v) is 12.5. The molecule has 2 fully saturated rings. The van der Waals surface area contributed by atoms with Crippen molar-refractivity contribution >= 4 is 5.91 Å². The molecule has 2 rings (SSSR count). The predicted octanol–water partition coefficient (Wildman–Crippen LogP) is 1.59. The zero-order valence-electron chi connectivity index (χ0n) is 12.5. The van der Waals surface area contributed by atoms with Gasteiger partial charge in [-0.05, 0) is 33.2 Å². The summed E-state index contributed by atoms with van der Waals surface area (Å²) in [7, 11) is 2.04. The fourth-order valence-electron chi connectivity index (χ4n) is 3.51. The highest BCUT2D eigenvalue weighted by Gasteiger charge is 2.35. The highest BCUT2D eigenvalue weighted by Crippen LogP contribution is 2.25. The SMILES string of the molecule is CC1CCN(C2CCCCCC2)C(=O)C(CN)N1C. The minimum atomic E-state index is -0.124. The summed E-state index contributed by atoms with van der Waals surface area (Å²) in [4.78, 5) is 17.1. The molecule has 1 saturated heterocycles. The number of carbonyl (C=O) groups excluding carboxylic acids is 1. The second-order valence-electron chi connectivity index (χ2n) is 6.23. The Balaban J connectivity index is 2.12. The number of rotatable bonds is 2. The Morgan fingerprint density at radius 1 is 1.16 bits per heavy atom. The van der Waals surface area contributed by atoms with Crippen molar-refractivity contribution in [2.75, 3.05) is 20.1 Å². The first-order chi connectivity index (χ1) is 9.15. The Labute approximate surface area is 117 Å². The summed E-state index contributed by atoms with van der Waals surface area (Å²) in [5.74, 6) is 0.265. The van der Waals surface area contributed by atoms with E-state index in [9.17, 15) is 4.79 Å². The van der Waals surface area contributed by atoms with Crippen molar-refractivity contribution in [3.8, 4) is 0 Å². The molecule has 0 aromatic carbocycles. The molecular weight excluding hydrogens is 238 g/mol. The summed E-state index contributed by atoms with van der Waals surface area (Å²) in [6, 6.07) is 0.775. The van der Waals surface area contributed by atoms with Crippen LogP contribution in [0.25, 0.3) is 0 Å². The summed E-state index contributed by atoms with van der Waals surface area (Å²) in [5.41, 5.74) is 5.85. The van der Waals surface area contributed by atoms with Crippen molar-refractivity contribution in [2.24, 2.45) is 5.73 Å². The first kappa shape index (κ1) is 14.8. The van der Waals surface area contributed by atoms with Crippen molar-refractivity contribution in [1.82, 2.24) is 9.80 Å². The normalized spacial score (nSPS) is 32.2. The van der Waals surface area contributed by atoms with Crippen LogP contribution in [0.3, 0.4) is 0 Å². The Bertz CT molecular complexity index is 300. The van der Waals surface area contributed by atoms with E-state index in [-0.39, 0.29) is 11.9 Å². The van der Waals surface area contributed by atoms with Crippen molar-refractivity contribution < 1.29 is 4.79 Å². The Hall–Kier alpha value is -0.610.